The number of phenols is 1. The predicted molar refractivity (Wildman–Crippen MR) is 130 cm³/mol. The van der Waals surface area contributed by atoms with Crippen LogP contribution in [0.3, 0.4) is 0 Å². The molecular weight excluding hydrogens is 352 g/mol. The smallest absolute Gasteiger partial charge is 0.119 e. The SMILES string of the molecule is CCCCCCCc1cc(O)c(C)c(CCCCCCC)c1CCCCCCC. The van der Waals surface area contributed by atoms with Gasteiger partial charge in [-0.2, -0.15) is 0 Å². The molecule has 0 amide bonds. The van der Waals surface area contributed by atoms with Crippen molar-refractivity contribution in [2.24, 2.45) is 0 Å². The lowest BCUT2D eigenvalue weighted by Crippen LogP contribution is -2.05. The number of unbranched alkanes of at least 4 members (excludes halogenated alkanes) is 12. The zero-order chi connectivity index (χ0) is 21.3. The lowest BCUT2D eigenvalue weighted by molar-refractivity contribution is 0.467. The summed E-state index contributed by atoms with van der Waals surface area (Å²) in [5.41, 5.74) is 5.69. The molecule has 0 spiro atoms. The van der Waals surface area contributed by atoms with Gasteiger partial charge in [0.05, 0.1) is 0 Å². The molecule has 0 unspecified atom stereocenters. The lowest BCUT2D eigenvalue weighted by Gasteiger charge is -2.19. The molecule has 1 aromatic rings. The molecule has 0 fully saturated rings. The van der Waals surface area contributed by atoms with Gasteiger partial charge in [-0.25, -0.2) is 0 Å². The molecule has 29 heavy (non-hydrogen) atoms. The molecule has 0 saturated carbocycles. The van der Waals surface area contributed by atoms with Crippen molar-refractivity contribution in [1.29, 1.82) is 0 Å². The Morgan fingerprint density at radius 2 is 0.966 bits per heavy atom. The summed E-state index contributed by atoms with van der Waals surface area (Å²) < 4.78 is 0. The Morgan fingerprint density at radius 3 is 1.45 bits per heavy atom. The average Bonchev–Trinajstić information content (AvgIpc) is 2.72. The number of benzene rings is 1. The van der Waals surface area contributed by atoms with Crippen molar-refractivity contribution < 1.29 is 5.11 Å². The van der Waals surface area contributed by atoms with Gasteiger partial charge in [-0.3, -0.25) is 0 Å². The first-order chi connectivity index (χ1) is 14.2. The topological polar surface area (TPSA) is 20.2 Å². The monoisotopic (exact) mass is 402 g/mol. The van der Waals surface area contributed by atoms with Crippen molar-refractivity contribution in [3.05, 3.63) is 28.3 Å². The third kappa shape index (κ3) is 10.6. The second-order valence-electron chi connectivity index (χ2n) is 9.13. The van der Waals surface area contributed by atoms with Crippen LogP contribution in [-0.2, 0) is 19.3 Å². The standard InChI is InChI=1S/C28H50O/c1-5-8-11-14-17-20-25-23-28(29)24(4)26(21-18-15-12-9-6-2)27(25)22-19-16-13-10-7-3/h23,29H,5-22H2,1-4H3. The molecule has 0 saturated heterocycles. The first-order valence-corrected chi connectivity index (χ1v) is 13.0. The van der Waals surface area contributed by atoms with E-state index in [9.17, 15) is 5.11 Å². The van der Waals surface area contributed by atoms with E-state index >= 15 is 0 Å². The second-order valence-corrected chi connectivity index (χ2v) is 9.13. The highest BCUT2D eigenvalue weighted by Gasteiger charge is 2.15. The fraction of sp³-hybridized carbons (Fsp3) is 0.786. The van der Waals surface area contributed by atoms with E-state index in [1.165, 1.54) is 114 Å². The molecule has 0 radical (unpaired) electrons. The number of hydrogen-bond acceptors (Lipinski definition) is 1. The van der Waals surface area contributed by atoms with Crippen LogP contribution in [0.1, 0.15) is 139 Å². The van der Waals surface area contributed by atoms with E-state index in [1.807, 2.05) is 0 Å². The molecule has 1 N–H and O–H groups in total. The normalized spacial score (nSPS) is 11.3. The van der Waals surface area contributed by atoms with Gasteiger partial charge in [0.25, 0.3) is 0 Å². The fourth-order valence-corrected chi connectivity index (χ4v) is 4.54. The van der Waals surface area contributed by atoms with E-state index < -0.39 is 0 Å². The van der Waals surface area contributed by atoms with Crippen molar-refractivity contribution >= 4 is 0 Å². The van der Waals surface area contributed by atoms with Crippen molar-refractivity contribution in [3.8, 4) is 5.75 Å². The van der Waals surface area contributed by atoms with Gasteiger partial charge in [0.15, 0.2) is 0 Å². The van der Waals surface area contributed by atoms with Gasteiger partial charge in [0, 0.05) is 0 Å². The Kier molecular flexibility index (Phi) is 15.1. The van der Waals surface area contributed by atoms with E-state index in [4.69, 9.17) is 0 Å². The maximum Gasteiger partial charge on any atom is 0.119 e. The lowest BCUT2D eigenvalue weighted by atomic mass is 9.87. The van der Waals surface area contributed by atoms with Crippen molar-refractivity contribution in [1.82, 2.24) is 0 Å². The molecule has 0 aliphatic carbocycles. The number of aryl methyl sites for hydroxylation is 1. The van der Waals surface area contributed by atoms with Crippen molar-refractivity contribution in [2.45, 2.75) is 143 Å². The van der Waals surface area contributed by atoms with Gasteiger partial charge < -0.3 is 5.11 Å². The van der Waals surface area contributed by atoms with Gasteiger partial charge in [0.1, 0.15) is 5.75 Å². The van der Waals surface area contributed by atoms with E-state index in [0.717, 1.165) is 18.4 Å². The maximum atomic E-state index is 10.6. The van der Waals surface area contributed by atoms with Crippen LogP contribution in [-0.4, -0.2) is 5.11 Å². The van der Waals surface area contributed by atoms with E-state index in [-0.39, 0.29) is 0 Å². The Labute approximate surface area is 182 Å². The third-order valence-electron chi connectivity index (χ3n) is 6.51. The largest absolute Gasteiger partial charge is 0.508 e. The molecule has 0 aromatic heterocycles. The summed E-state index contributed by atoms with van der Waals surface area (Å²) in [5, 5.41) is 10.6. The van der Waals surface area contributed by atoms with Crippen LogP contribution in [0, 0.1) is 6.92 Å². The Hall–Kier alpha value is -0.980. The summed E-state index contributed by atoms with van der Waals surface area (Å²) in [4.78, 5) is 0. The van der Waals surface area contributed by atoms with Gasteiger partial charge >= 0.3 is 0 Å². The minimum Gasteiger partial charge on any atom is -0.508 e. The minimum atomic E-state index is 0.534. The number of phenolic OH excluding ortho intramolecular Hbond substituents is 1. The molecule has 1 rings (SSSR count). The second kappa shape index (κ2) is 16.8. The summed E-state index contributed by atoms with van der Waals surface area (Å²) in [6, 6.07) is 2.11. The highest BCUT2D eigenvalue weighted by Crippen LogP contribution is 2.31. The average molecular weight is 403 g/mol. The number of rotatable bonds is 18. The van der Waals surface area contributed by atoms with Crippen LogP contribution >= 0.6 is 0 Å². The molecule has 0 aliphatic rings. The molecule has 1 nitrogen and oxygen atoms in total. The molecule has 0 bridgehead atoms. The van der Waals surface area contributed by atoms with Crippen molar-refractivity contribution in [3.63, 3.8) is 0 Å². The molecule has 0 atom stereocenters. The molecule has 168 valence electrons. The fourth-order valence-electron chi connectivity index (χ4n) is 4.54. The molecule has 0 aliphatic heterocycles. The van der Waals surface area contributed by atoms with Crippen LogP contribution in [0.25, 0.3) is 0 Å². The zero-order valence-corrected chi connectivity index (χ0v) is 20.3. The van der Waals surface area contributed by atoms with E-state index in [1.54, 1.807) is 5.56 Å². The van der Waals surface area contributed by atoms with Gasteiger partial charge in [-0.1, -0.05) is 97.8 Å². The van der Waals surface area contributed by atoms with Crippen LogP contribution in [0.4, 0.5) is 0 Å². The summed E-state index contributed by atoms with van der Waals surface area (Å²) in [6.07, 6.45) is 23.4. The first kappa shape index (κ1) is 26.1. The summed E-state index contributed by atoms with van der Waals surface area (Å²) in [6.45, 7) is 8.99. The van der Waals surface area contributed by atoms with Gasteiger partial charge in [-0.05, 0) is 73.8 Å². The Morgan fingerprint density at radius 1 is 0.552 bits per heavy atom. The van der Waals surface area contributed by atoms with Crippen LogP contribution in [0.15, 0.2) is 6.07 Å². The van der Waals surface area contributed by atoms with Crippen molar-refractivity contribution in [2.75, 3.05) is 0 Å². The Balaban J connectivity index is 2.85. The molecule has 1 heteroatoms. The highest BCUT2D eigenvalue weighted by molar-refractivity contribution is 5.49. The van der Waals surface area contributed by atoms with Gasteiger partial charge in [0.2, 0.25) is 0 Å². The quantitative estimate of drug-likeness (QED) is 0.242. The first-order valence-electron chi connectivity index (χ1n) is 13.0. The molecular formula is C28H50O. The number of hydrogen-bond donors (Lipinski definition) is 1. The molecule has 0 heterocycles. The molecule has 1 aromatic carbocycles. The summed E-state index contributed by atoms with van der Waals surface area (Å²) >= 11 is 0. The third-order valence-corrected chi connectivity index (χ3v) is 6.51. The Bertz CT molecular complexity index is 532. The number of aromatic hydroxyl groups is 1. The zero-order valence-electron chi connectivity index (χ0n) is 20.3. The minimum absolute atomic E-state index is 0.534. The highest BCUT2D eigenvalue weighted by atomic mass is 16.3. The van der Waals surface area contributed by atoms with Crippen LogP contribution < -0.4 is 0 Å². The predicted octanol–water partition coefficient (Wildman–Crippen LogP) is 9.24. The van der Waals surface area contributed by atoms with Crippen LogP contribution in [0.5, 0.6) is 5.75 Å². The van der Waals surface area contributed by atoms with E-state index in [2.05, 4.69) is 33.8 Å². The van der Waals surface area contributed by atoms with Gasteiger partial charge in [-0.15, -0.1) is 0 Å². The summed E-state index contributed by atoms with van der Waals surface area (Å²) in [5.74, 6) is 0.534. The summed E-state index contributed by atoms with van der Waals surface area (Å²) in [7, 11) is 0. The van der Waals surface area contributed by atoms with Crippen LogP contribution in [0.2, 0.25) is 0 Å². The maximum absolute atomic E-state index is 10.6. The van der Waals surface area contributed by atoms with E-state index in [0.29, 0.717) is 5.75 Å².